The number of hydrogen-bond donors (Lipinski definition) is 2. The van der Waals surface area contributed by atoms with Gasteiger partial charge in [0.1, 0.15) is 16.8 Å². The van der Waals surface area contributed by atoms with E-state index in [9.17, 15) is 19.8 Å². The molecule has 36 heavy (non-hydrogen) atoms. The zero-order valence-electron chi connectivity index (χ0n) is 19.2. The lowest BCUT2D eigenvalue weighted by Crippen LogP contribution is -2.64. The van der Waals surface area contributed by atoms with Crippen molar-refractivity contribution in [1.29, 1.82) is 0 Å². The number of aliphatic hydroxyl groups is 1. The maximum absolute atomic E-state index is 13.5. The van der Waals surface area contributed by atoms with Crippen LogP contribution in [0.4, 0.5) is 0 Å². The van der Waals surface area contributed by atoms with E-state index < -0.39 is 23.5 Å². The van der Waals surface area contributed by atoms with Crippen LogP contribution in [0.1, 0.15) is 22.8 Å². The van der Waals surface area contributed by atoms with Crippen molar-refractivity contribution in [2.45, 2.75) is 17.5 Å². The van der Waals surface area contributed by atoms with Crippen LogP contribution in [0.3, 0.4) is 0 Å². The molecule has 2 atom stereocenters. The Morgan fingerprint density at radius 2 is 1.64 bits per heavy atom. The standard InChI is InChI=1S/C28H24N2O5S/c31-16-21-17-36-27-23(29-15-20-13-7-8-14-22(20)32)26(33)30(27)24(21)28(34)35-25(18-9-3-1-4-10-18)19-11-5-2-6-12-19/h1-15,23,25,27,31-32H,16-17H2. The van der Waals surface area contributed by atoms with Gasteiger partial charge in [-0.1, -0.05) is 72.8 Å². The van der Waals surface area contributed by atoms with E-state index in [1.807, 2.05) is 60.7 Å². The summed E-state index contributed by atoms with van der Waals surface area (Å²) in [5.41, 5.74) is 2.62. The molecule has 182 valence electrons. The summed E-state index contributed by atoms with van der Waals surface area (Å²) in [6, 6.07) is 24.8. The number of para-hydroxylation sites is 1. The molecule has 0 aliphatic carbocycles. The molecule has 0 aromatic heterocycles. The van der Waals surface area contributed by atoms with Gasteiger partial charge in [0.05, 0.1) is 6.61 Å². The molecular formula is C28H24N2O5S. The summed E-state index contributed by atoms with van der Waals surface area (Å²) in [7, 11) is 0. The molecule has 2 N–H and O–H groups in total. The number of benzene rings is 3. The highest BCUT2D eigenvalue weighted by Gasteiger charge is 2.54. The highest BCUT2D eigenvalue weighted by molar-refractivity contribution is 8.00. The second kappa shape index (κ2) is 10.4. The number of nitrogens with zero attached hydrogens (tertiary/aromatic N) is 2. The number of aliphatic hydroxyl groups excluding tert-OH is 1. The fourth-order valence-corrected chi connectivity index (χ4v) is 5.61. The molecule has 2 aliphatic heterocycles. The maximum Gasteiger partial charge on any atom is 0.356 e. The van der Waals surface area contributed by atoms with E-state index in [2.05, 4.69) is 4.99 Å². The van der Waals surface area contributed by atoms with Gasteiger partial charge in [-0.25, -0.2) is 4.79 Å². The molecule has 0 radical (unpaired) electrons. The van der Waals surface area contributed by atoms with Gasteiger partial charge in [-0.2, -0.15) is 0 Å². The number of carbonyl (C=O) groups excluding carboxylic acids is 2. The Bertz CT molecular complexity index is 1290. The van der Waals surface area contributed by atoms with E-state index in [1.165, 1.54) is 22.9 Å². The maximum atomic E-state index is 13.5. The van der Waals surface area contributed by atoms with E-state index in [0.717, 1.165) is 11.1 Å². The first-order valence-electron chi connectivity index (χ1n) is 11.5. The lowest BCUT2D eigenvalue weighted by molar-refractivity contribution is -0.153. The van der Waals surface area contributed by atoms with Crippen LogP contribution >= 0.6 is 11.8 Å². The Kier molecular flexibility index (Phi) is 6.88. The number of rotatable bonds is 7. The number of esters is 1. The Labute approximate surface area is 212 Å². The number of hydrogen-bond acceptors (Lipinski definition) is 7. The average Bonchev–Trinajstić information content (AvgIpc) is 2.92. The van der Waals surface area contributed by atoms with Gasteiger partial charge in [-0.3, -0.25) is 14.7 Å². The zero-order chi connectivity index (χ0) is 25.1. The molecule has 7 nitrogen and oxygen atoms in total. The number of ether oxygens (including phenoxy) is 1. The van der Waals surface area contributed by atoms with Crippen molar-refractivity contribution in [1.82, 2.24) is 4.90 Å². The lowest BCUT2D eigenvalue weighted by Gasteiger charge is -2.48. The Morgan fingerprint density at radius 3 is 2.25 bits per heavy atom. The van der Waals surface area contributed by atoms with Crippen molar-refractivity contribution in [3.05, 3.63) is 113 Å². The van der Waals surface area contributed by atoms with Crippen LogP contribution in [0, 0.1) is 0 Å². The third-order valence-corrected chi connectivity index (χ3v) is 7.47. The zero-order valence-corrected chi connectivity index (χ0v) is 20.0. The minimum Gasteiger partial charge on any atom is -0.507 e. The Hall–Kier alpha value is -3.88. The fraction of sp³-hybridized carbons (Fsp3) is 0.179. The number of aromatic hydroxyl groups is 1. The topological polar surface area (TPSA) is 99.4 Å². The molecule has 0 spiro atoms. The molecular weight excluding hydrogens is 476 g/mol. The Balaban J connectivity index is 1.41. The molecule has 8 heteroatoms. The number of thioether (sulfide) groups is 1. The molecule has 0 saturated carbocycles. The number of carbonyl (C=O) groups is 2. The van der Waals surface area contributed by atoms with Crippen LogP contribution in [0.15, 0.2) is 101 Å². The van der Waals surface area contributed by atoms with Gasteiger partial charge < -0.3 is 14.9 Å². The summed E-state index contributed by atoms with van der Waals surface area (Å²) in [4.78, 5) is 32.4. The summed E-state index contributed by atoms with van der Waals surface area (Å²) in [5.74, 6) is -0.577. The fourth-order valence-electron chi connectivity index (χ4n) is 4.28. The highest BCUT2D eigenvalue weighted by atomic mass is 32.2. The number of phenolic OH excluding ortho intramolecular Hbond substituents is 1. The van der Waals surface area contributed by atoms with E-state index in [0.29, 0.717) is 16.9 Å². The minimum absolute atomic E-state index is 0.0702. The van der Waals surface area contributed by atoms with Crippen molar-refractivity contribution < 1.29 is 24.5 Å². The van der Waals surface area contributed by atoms with E-state index in [4.69, 9.17) is 4.74 Å². The summed E-state index contributed by atoms with van der Waals surface area (Å²) in [6.07, 6.45) is 0.798. The second-order valence-electron chi connectivity index (χ2n) is 8.41. The van der Waals surface area contributed by atoms with Gasteiger partial charge in [0, 0.05) is 17.5 Å². The van der Waals surface area contributed by atoms with Gasteiger partial charge in [-0.15, -0.1) is 11.8 Å². The highest BCUT2D eigenvalue weighted by Crippen LogP contribution is 2.42. The van der Waals surface area contributed by atoms with Crippen molar-refractivity contribution in [2.75, 3.05) is 12.4 Å². The van der Waals surface area contributed by atoms with Crippen molar-refractivity contribution >= 4 is 29.9 Å². The quantitative estimate of drug-likeness (QED) is 0.292. The van der Waals surface area contributed by atoms with Crippen LogP contribution < -0.4 is 0 Å². The van der Waals surface area contributed by atoms with Gasteiger partial charge in [0.2, 0.25) is 0 Å². The number of amides is 1. The smallest absolute Gasteiger partial charge is 0.356 e. The number of fused-ring (bicyclic) bond motifs is 1. The van der Waals surface area contributed by atoms with E-state index in [1.54, 1.807) is 24.3 Å². The molecule has 2 aliphatic rings. The molecule has 1 saturated heterocycles. The molecule has 0 bridgehead atoms. The van der Waals surface area contributed by atoms with Crippen LogP contribution in [0.2, 0.25) is 0 Å². The van der Waals surface area contributed by atoms with Gasteiger partial charge >= 0.3 is 5.97 Å². The molecule has 1 fully saturated rings. The Morgan fingerprint density at radius 1 is 1.03 bits per heavy atom. The van der Waals surface area contributed by atoms with Crippen LogP contribution in [-0.4, -0.2) is 57.0 Å². The molecule has 5 rings (SSSR count). The van der Waals surface area contributed by atoms with Gasteiger partial charge in [-0.05, 0) is 28.8 Å². The third kappa shape index (κ3) is 4.53. The van der Waals surface area contributed by atoms with Gasteiger partial charge in [0.25, 0.3) is 5.91 Å². The molecule has 3 aromatic rings. The SMILES string of the molecule is O=C(OC(c1ccccc1)c1ccccc1)C1=C(CO)CSC2C(N=Cc3ccccc3O)C(=O)N12. The summed E-state index contributed by atoms with van der Waals surface area (Å²) in [6.45, 7) is -0.360. The number of β-lactam (4-membered cyclic amide) rings is 1. The first-order chi connectivity index (χ1) is 17.6. The van der Waals surface area contributed by atoms with Crippen LogP contribution in [0.5, 0.6) is 5.75 Å². The third-order valence-electron chi connectivity index (χ3n) is 6.14. The second-order valence-corrected chi connectivity index (χ2v) is 9.51. The van der Waals surface area contributed by atoms with E-state index >= 15 is 0 Å². The van der Waals surface area contributed by atoms with Crippen molar-refractivity contribution in [3.63, 3.8) is 0 Å². The monoisotopic (exact) mass is 500 g/mol. The number of aliphatic imine (C=N–C) groups is 1. The average molecular weight is 501 g/mol. The lowest BCUT2D eigenvalue weighted by atomic mass is 10.0. The predicted molar refractivity (Wildman–Crippen MR) is 138 cm³/mol. The first-order valence-corrected chi connectivity index (χ1v) is 12.5. The molecule has 1 amide bonds. The van der Waals surface area contributed by atoms with Crippen LogP contribution in [-0.2, 0) is 14.3 Å². The summed E-state index contributed by atoms with van der Waals surface area (Å²) in [5, 5.41) is 19.5. The minimum atomic E-state index is -0.698. The normalized spacial score (nSPS) is 19.4. The summed E-state index contributed by atoms with van der Waals surface area (Å²) >= 11 is 1.43. The predicted octanol–water partition coefficient (Wildman–Crippen LogP) is 3.67. The largest absolute Gasteiger partial charge is 0.507 e. The molecule has 2 unspecified atom stereocenters. The van der Waals surface area contributed by atoms with Crippen molar-refractivity contribution in [2.24, 2.45) is 4.99 Å². The van der Waals surface area contributed by atoms with E-state index in [-0.39, 0.29) is 24.0 Å². The van der Waals surface area contributed by atoms with Gasteiger partial charge in [0.15, 0.2) is 12.1 Å². The molecule has 2 heterocycles. The number of phenols is 1. The summed E-state index contributed by atoms with van der Waals surface area (Å²) < 4.78 is 5.99. The van der Waals surface area contributed by atoms with Crippen molar-refractivity contribution in [3.8, 4) is 5.75 Å². The first kappa shape index (κ1) is 23.8. The molecule has 3 aromatic carbocycles. The van der Waals surface area contributed by atoms with Crippen LogP contribution in [0.25, 0.3) is 0 Å².